The summed E-state index contributed by atoms with van der Waals surface area (Å²) in [6, 6.07) is 11.2. The van der Waals surface area contributed by atoms with Crippen molar-refractivity contribution in [2.75, 3.05) is 12.8 Å². The van der Waals surface area contributed by atoms with Crippen molar-refractivity contribution < 1.29 is 9.13 Å². The Labute approximate surface area is 120 Å². The predicted molar refractivity (Wildman–Crippen MR) is 76.7 cm³/mol. The molecule has 1 heterocycles. The fourth-order valence-corrected chi connectivity index (χ4v) is 2.25. The zero-order valence-corrected chi connectivity index (χ0v) is 11.2. The summed E-state index contributed by atoms with van der Waals surface area (Å²) in [5.41, 5.74) is 7.97. The Bertz CT molecular complexity index is 879. The minimum atomic E-state index is -0.476. The van der Waals surface area contributed by atoms with Gasteiger partial charge in [0.2, 0.25) is 5.95 Å². The maximum Gasteiger partial charge on any atom is 0.205 e. The lowest BCUT2D eigenvalue weighted by Crippen LogP contribution is -2.03. The molecule has 21 heavy (non-hydrogen) atoms. The van der Waals surface area contributed by atoms with Crippen LogP contribution in [0.5, 0.6) is 5.75 Å². The third-order valence-corrected chi connectivity index (χ3v) is 3.21. The molecule has 0 spiro atoms. The van der Waals surface area contributed by atoms with Crippen LogP contribution in [0.2, 0.25) is 0 Å². The molecule has 0 aliphatic carbocycles. The molecule has 0 bridgehead atoms. The number of nitrogens with zero attached hydrogens (tertiary/aromatic N) is 3. The van der Waals surface area contributed by atoms with E-state index in [1.165, 1.54) is 18.2 Å². The number of rotatable bonds is 2. The van der Waals surface area contributed by atoms with Gasteiger partial charge in [0, 0.05) is 6.07 Å². The summed E-state index contributed by atoms with van der Waals surface area (Å²) in [5.74, 6) is 0.390. The molecule has 5 nitrogen and oxygen atoms in total. The highest BCUT2D eigenvalue weighted by molar-refractivity contribution is 5.83. The molecule has 0 atom stereocenters. The van der Waals surface area contributed by atoms with E-state index < -0.39 is 5.82 Å². The number of ether oxygens (including phenoxy) is 1. The highest BCUT2D eigenvalue weighted by Gasteiger charge is 2.14. The van der Waals surface area contributed by atoms with E-state index in [0.29, 0.717) is 22.5 Å². The van der Waals surface area contributed by atoms with Gasteiger partial charge in [-0.25, -0.2) is 9.37 Å². The number of fused-ring (bicyclic) bond motifs is 1. The molecule has 6 heteroatoms. The number of halogens is 1. The summed E-state index contributed by atoms with van der Waals surface area (Å²) < 4.78 is 20.1. The van der Waals surface area contributed by atoms with Crippen LogP contribution in [0, 0.1) is 17.1 Å². The molecule has 0 amide bonds. The van der Waals surface area contributed by atoms with Gasteiger partial charge >= 0.3 is 0 Å². The summed E-state index contributed by atoms with van der Waals surface area (Å²) in [6.07, 6.45) is 0. The van der Waals surface area contributed by atoms with Crippen LogP contribution in [-0.4, -0.2) is 16.7 Å². The molecule has 1 aromatic heterocycles. The van der Waals surface area contributed by atoms with Crippen LogP contribution < -0.4 is 10.5 Å². The Morgan fingerprint density at radius 1 is 1.29 bits per heavy atom. The first-order chi connectivity index (χ1) is 10.1. The number of nitrogens with two attached hydrogens (primary N) is 1. The van der Waals surface area contributed by atoms with E-state index in [2.05, 4.69) is 4.98 Å². The topological polar surface area (TPSA) is 76.9 Å². The number of nitriles is 1. The smallest absolute Gasteiger partial charge is 0.205 e. The van der Waals surface area contributed by atoms with E-state index in [1.54, 1.807) is 29.9 Å². The predicted octanol–water partition coefficient (Wildman–Crippen LogP) is 2.63. The first-order valence-corrected chi connectivity index (χ1v) is 6.16. The van der Waals surface area contributed by atoms with Gasteiger partial charge in [-0.1, -0.05) is 0 Å². The molecule has 2 N–H and O–H groups in total. The lowest BCUT2D eigenvalue weighted by Gasteiger charge is -2.09. The van der Waals surface area contributed by atoms with Crippen molar-refractivity contribution >= 4 is 17.0 Å². The minimum absolute atomic E-state index is 0.184. The second-order valence-electron chi connectivity index (χ2n) is 4.43. The Morgan fingerprint density at radius 2 is 2.10 bits per heavy atom. The van der Waals surface area contributed by atoms with Gasteiger partial charge in [-0.2, -0.15) is 5.26 Å². The highest BCUT2D eigenvalue weighted by Crippen LogP contribution is 2.28. The van der Waals surface area contributed by atoms with Crippen LogP contribution in [0.15, 0.2) is 36.4 Å². The van der Waals surface area contributed by atoms with Gasteiger partial charge in [0.05, 0.1) is 29.4 Å². The molecule has 0 aliphatic heterocycles. The zero-order valence-electron chi connectivity index (χ0n) is 11.2. The normalized spacial score (nSPS) is 10.5. The SMILES string of the molecule is COc1ccc2nc(N)n(-c3ccc(F)cc3C#N)c2c1. The first kappa shape index (κ1) is 12.9. The summed E-state index contributed by atoms with van der Waals surface area (Å²) in [6.45, 7) is 0. The van der Waals surface area contributed by atoms with E-state index >= 15 is 0 Å². The minimum Gasteiger partial charge on any atom is -0.497 e. The van der Waals surface area contributed by atoms with E-state index in [9.17, 15) is 9.65 Å². The molecule has 0 radical (unpaired) electrons. The molecule has 0 aliphatic rings. The number of hydrogen-bond acceptors (Lipinski definition) is 4. The number of imidazole rings is 1. The molecule has 0 saturated carbocycles. The van der Waals surface area contributed by atoms with Crippen molar-refractivity contribution in [2.24, 2.45) is 0 Å². The molecular formula is C15H11FN4O. The van der Waals surface area contributed by atoms with Gasteiger partial charge in [0.15, 0.2) is 0 Å². The van der Waals surface area contributed by atoms with Crippen molar-refractivity contribution in [3.05, 3.63) is 47.8 Å². The molecule has 104 valence electrons. The number of anilines is 1. The van der Waals surface area contributed by atoms with Crippen LogP contribution >= 0.6 is 0 Å². The lowest BCUT2D eigenvalue weighted by molar-refractivity contribution is 0.415. The highest BCUT2D eigenvalue weighted by atomic mass is 19.1. The number of benzene rings is 2. The number of methoxy groups -OCH3 is 1. The van der Waals surface area contributed by atoms with Crippen molar-refractivity contribution in [3.8, 4) is 17.5 Å². The molecular weight excluding hydrogens is 271 g/mol. The monoisotopic (exact) mass is 282 g/mol. The average molecular weight is 282 g/mol. The second kappa shape index (κ2) is 4.80. The van der Waals surface area contributed by atoms with Crippen molar-refractivity contribution in [1.82, 2.24) is 9.55 Å². The van der Waals surface area contributed by atoms with Gasteiger partial charge in [0.1, 0.15) is 17.6 Å². The number of nitrogen functional groups attached to an aromatic ring is 1. The molecule has 0 saturated heterocycles. The van der Waals surface area contributed by atoms with Crippen molar-refractivity contribution in [3.63, 3.8) is 0 Å². The largest absolute Gasteiger partial charge is 0.497 e. The maximum absolute atomic E-state index is 13.3. The fourth-order valence-electron chi connectivity index (χ4n) is 2.25. The van der Waals surface area contributed by atoms with Crippen molar-refractivity contribution in [2.45, 2.75) is 0 Å². The fraction of sp³-hybridized carbons (Fsp3) is 0.0667. The Balaban J connectivity index is 2.34. The van der Waals surface area contributed by atoms with E-state index in [4.69, 9.17) is 10.5 Å². The van der Waals surface area contributed by atoms with Crippen molar-refractivity contribution in [1.29, 1.82) is 5.26 Å². The zero-order chi connectivity index (χ0) is 15.0. The Kier molecular flexibility index (Phi) is 2.95. The van der Waals surface area contributed by atoms with Gasteiger partial charge in [-0.3, -0.25) is 4.57 Å². The van der Waals surface area contributed by atoms with E-state index in [1.807, 2.05) is 6.07 Å². The summed E-state index contributed by atoms with van der Waals surface area (Å²) in [5, 5.41) is 9.19. The van der Waals surface area contributed by atoms with Gasteiger partial charge < -0.3 is 10.5 Å². The van der Waals surface area contributed by atoms with Gasteiger partial charge in [-0.05, 0) is 30.3 Å². The number of aromatic nitrogens is 2. The van der Waals surface area contributed by atoms with E-state index in [-0.39, 0.29) is 11.5 Å². The summed E-state index contributed by atoms with van der Waals surface area (Å²) in [7, 11) is 1.56. The van der Waals surface area contributed by atoms with E-state index in [0.717, 1.165) is 0 Å². The average Bonchev–Trinajstić information content (AvgIpc) is 2.82. The molecule has 3 aromatic rings. The summed E-state index contributed by atoms with van der Waals surface area (Å²) >= 11 is 0. The molecule has 0 fully saturated rings. The maximum atomic E-state index is 13.3. The molecule has 0 unspecified atom stereocenters. The second-order valence-corrected chi connectivity index (χ2v) is 4.43. The van der Waals surface area contributed by atoms with Gasteiger partial charge in [0.25, 0.3) is 0 Å². The van der Waals surface area contributed by atoms with Crippen LogP contribution in [0.25, 0.3) is 16.7 Å². The first-order valence-electron chi connectivity index (χ1n) is 6.16. The number of hydrogen-bond donors (Lipinski definition) is 1. The third-order valence-electron chi connectivity index (χ3n) is 3.21. The standard InChI is InChI=1S/C15H11FN4O/c1-21-11-3-4-12-14(7-11)20(15(18)19-12)13-5-2-10(16)6-9(13)8-17/h2-7H,1H3,(H2,18,19). The molecule has 2 aromatic carbocycles. The van der Waals surface area contributed by atoms with Crippen LogP contribution in [0.4, 0.5) is 10.3 Å². The summed E-state index contributed by atoms with van der Waals surface area (Å²) in [4.78, 5) is 4.24. The van der Waals surface area contributed by atoms with Crippen LogP contribution in [0.1, 0.15) is 5.56 Å². The lowest BCUT2D eigenvalue weighted by atomic mass is 10.2. The van der Waals surface area contributed by atoms with Crippen LogP contribution in [-0.2, 0) is 0 Å². The third kappa shape index (κ3) is 2.05. The quantitative estimate of drug-likeness (QED) is 0.783. The molecule has 3 rings (SSSR count). The van der Waals surface area contributed by atoms with Crippen LogP contribution in [0.3, 0.4) is 0 Å². The van der Waals surface area contributed by atoms with Gasteiger partial charge in [-0.15, -0.1) is 0 Å². The Morgan fingerprint density at radius 3 is 2.81 bits per heavy atom. The Hall–Kier alpha value is -3.07.